The maximum absolute atomic E-state index is 12.7. The SMILES string of the molecule is O=C(c1cc(-c2ccc(Cl)cc2)on1)N1CCN(c2cccc(Cl)c2)CC1. The second-order valence-corrected chi connectivity index (χ2v) is 7.22. The molecule has 3 aromatic rings. The molecule has 1 aliphatic rings. The molecule has 138 valence electrons. The number of piperazine rings is 1. The molecule has 0 atom stereocenters. The molecule has 0 N–H and O–H groups in total. The first kappa shape index (κ1) is 17.9. The van der Waals surface area contributed by atoms with Crippen molar-refractivity contribution in [2.24, 2.45) is 0 Å². The van der Waals surface area contributed by atoms with Gasteiger partial charge in [0.2, 0.25) is 0 Å². The summed E-state index contributed by atoms with van der Waals surface area (Å²) >= 11 is 12.0. The van der Waals surface area contributed by atoms with Gasteiger partial charge in [-0.15, -0.1) is 0 Å². The van der Waals surface area contributed by atoms with E-state index in [4.69, 9.17) is 27.7 Å². The molecule has 2 aromatic carbocycles. The first-order valence-corrected chi connectivity index (χ1v) is 9.38. The zero-order chi connectivity index (χ0) is 18.8. The van der Waals surface area contributed by atoms with Gasteiger partial charge in [-0.1, -0.05) is 34.4 Å². The third kappa shape index (κ3) is 3.94. The third-order valence-electron chi connectivity index (χ3n) is 4.60. The van der Waals surface area contributed by atoms with Crippen LogP contribution in [0.5, 0.6) is 0 Å². The zero-order valence-corrected chi connectivity index (χ0v) is 16.0. The van der Waals surface area contributed by atoms with Crippen LogP contribution in [0.3, 0.4) is 0 Å². The Morgan fingerprint density at radius 1 is 0.926 bits per heavy atom. The number of rotatable bonds is 3. The van der Waals surface area contributed by atoms with Gasteiger partial charge in [-0.3, -0.25) is 4.79 Å². The van der Waals surface area contributed by atoms with E-state index >= 15 is 0 Å². The topological polar surface area (TPSA) is 49.6 Å². The van der Waals surface area contributed by atoms with E-state index in [0.29, 0.717) is 34.6 Å². The Balaban J connectivity index is 1.42. The van der Waals surface area contributed by atoms with E-state index in [1.807, 2.05) is 36.4 Å². The van der Waals surface area contributed by atoms with Crippen molar-refractivity contribution in [3.05, 3.63) is 70.3 Å². The van der Waals surface area contributed by atoms with Crippen molar-refractivity contribution in [3.63, 3.8) is 0 Å². The molecule has 0 spiro atoms. The predicted octanol–water partition coefficient (Wildman–Crippen LogP) is 4.61. The maximum Gasteiger partial charge on any atom is 0.276 e. The highest BCUT2D eigenvalue weighted by Gasteiger charge is 2.25. The van der Waals surface area contributed by atoms with Gasteiger partial charge in [0, 0.05) is 53.5 Å². The number of carbonyl (C=O) groups is 1. The lowest BCUT2D eigenvalue weighted by Crippen LogP contribution is -2.48. The first-order chi connectivity index (χ1) is 13.1. The maximum atomic E-state index is 12.7. The van der Waals surface area contributed by atoms with Crippen LogP contribution < -0.4 is 4.90 Å². The Hall–Kier alpha value is -2.50. The summed E-state index contributed by atoms with van der Waals surface area (Å²) in [5.41, 5.74) is 2.22. The highest BCUT2D eigenvalue weighted by Crippen LogP contribution is 2.24. The van der Waals surface area contributed by atoms with Gasteiger partial charge in [-0.25, -0.2) is 0 Å². The van der Waals surface area contributed by atoms with Gasteiger partial charge < -0.3 is 14.3 Å². The first-order valence-electron chi connectivity index (χ1n) is 8.62. The predicted molar refractivity (Wildman–Crippen MR) is 107 cm³/mol. The Morgan fingerprint density at radius 3 is 2.37 bits per heavy atom. The summed E-state index contributed by atoms with van der Waals surface area (Å²) in [7, 11) is 0. The molecule has 0 radical (unpaired) electrons. The molecule has 1 fully saturated rings. The van der Waals surface area contributed by atoms with E-state index in [2.05, 4.69) is 10.1 Å². The fourth-order valence-electron chi connectivity index (χ4n) is 3.13. The molecule has 0 saturated carbocycles. The zero-order valence-electron chi connectivity index (χ0n) is 14.4. The number of benzene rings is 2. The lowest BCUT2D eigenvalue weighted by molar-refractivity contribution is 0.0736. The van der Waals surface area contributed by atoms with Gasteiger partial charge >= 0.3 is 0 Å². The minimum absolute atomic E-state index is 0.121. The Labute approximate surface area is 167 Å². The summed E-state index contributed by atoms with van der Waals surface area (Å²) < 4.78 is 5.34. The van der Waals surface area contributed by atoms with Gasteiger partial charge in [0.25, 0.3) is 5.91 Å². The van der Waals surface area contributed by atoms with Crippen molar-refractivity contribution < 1.29 is 9.32 Å². The number of halogens is 2. The Kier molecular flexibility index (Phi) is 5.05. The average molecular weight is 402 g/mol. The van der Waals surface area contributed by atoms with E-state index in [-0.39, 0.29) is 5.91 Å². The fraction of sp³-hybridized carbons (Fsp3) is 0.200. The minimum atomic E-state index is -0.121. The lowest BCUT2D eigenvalue weighted by atomic mass is 10.1. The third-order valence-corrected chi connectivity index (χ3v) is 5.09. The molecule has 4 rings (SSSR count). The standard InChI is InChI=1S/C20H17Cl2N3O2/c21-15-6-4-14(5-7-15)19-13-18(23-27-19)20(26)25-10-8-24(9-11-25)17-3-1-2-16(22)12-17/h1-7,12-13H,8-11H2. The van der Waals surface area contributed by atoms with Crippen molar-refractivity contribution >= 4 is 34.8 Å². The van der Waals surface area contributed by atoms with Crippen molar-refractivity contribution in [1.82, 2.24) is 10.1 Å². The largest absolute Gasteiger partial charge is 0.368 e. The van der Waals surface area contributed by atoms with Crippen molar-refractivity contribution in [2.45, 2.75) is 0 Å². The van der Waals surface area contributed by atoms with Crippen LogP contribution in [0.1, 0.15) is 10.5 Å². The Morgan fingerprint density at radius 2 is 1.67 bits per heavy atom. The number of nitrogens with zero attached hydrogens (tertiary/aromatic N) is 3. The average Bonchev–Trinajstić information content (AvgIpc) is 3.18. The van der Waals surface area contributed by atoms with Crippen molar-refractivity contribution in [2.75, 3.05) is 31.1 Å². The molecule has 27 heavy (non-hydrogen) atoms. The number of hydrogen-bond acceptors (Lipinski definition) is 4. The summed E-state index contributed by atoms with van der Waals surface area (Å²) in [4.78, 5) is 16.8. The molecule has 0 aliphatic carbocycles. The second-order valence-electron chi connectivity index (χ2n) is 6.34. The highest BCUT2D eigenvalue weighted by atomic mass is 35.5. The second kappa shape index (κ2) is 7.62. The van der Waals surface area contributed by atoms with E-state index in [9.17, 15) is 4.79 Å². The molecule has 5 nitrogen and oxygen atoms in total. The Bertz CT molecular complexity index is 948. The van der Waals surface area contributed by atoms with Crippen LogP contribution in [-0.2, 0) is 0 Å². The molecule has 0 unspecified atom stereocenters. The van der Waals surface area contributed by atoms with Gasteiger partial charge in [0.05, 0.1) is 0 Å². The molecule has 2 heterocycles. The summed E-state index contributed by atoms with van der Waals surface area (Å²) in [6, 6.07) is 16.6. The molecule has 1 saturated heterocycles. The van der Waals surface area contributed by atoms with Crippen LogP contribution >= 0.6 is 23.2 Å². The van der Waals surface area contributed by atoms with Crippen molar-refractivity contribution in [3.8, 4) is 11.3 Å². The number of carbonyl (C=O) groups excluding carboxylic acids is 1. The quantitative estimate of drug-likeness (QED) is 0.642. The number of anilines is 1. The van der Waals surface area contributed by atoms with Gasteiger partial charge in [-0.2, -0.15) is 0 Å². The normalized spacial score (nSPS) is 14.4. The molecule has 1 aliphatic heterocycles. The molecular weight excluding hydrogens is 385 g/mol. The molecule has 1 aromatic heterocycles. The molecule has 0 bridgehead atoms. The number of aromatic nitrogens is 1. The smallest absolute Gasteiger partial charge is 0.276 e. The summed E-state index contributed by atoms with van der Waals surface area (Å²) in [6.45, 7) is 2.73. The van der Waals surface area contributed by atoms with E-state index in [1.165, 1.54) is 0 Å². The monoisotopic (exact) mass is 401 g/mol. The van der Waals surface area contributed by atoms with Crippen LogP contribution in [0.15, 0.2) is 59.1 Å². The van der Waals surface area contributed by atoms with Gasteiger partial charge in [0.15, 0.2) is 11.5 Å². The number of hydrogen-bond donors (Lipinski definition) is 0. The minimum Gasteiger partial charge on any atom is -0.368 e. The fourth-order valence-corrected chi connectivity index (χ4v) is 3.44. The van der Waals surface area contributed by atoms with E-state index < -0.39 is 0 Å². The molecule has 1 amide bonds. The van der Waals surface area contributed by atoms with Crippen LogP contribution in [0.4, 0.5) is 5.69 Å². The number of amides is 1. The molecular formula is C20H17Cl2N3O2. The van der Waals surface area contributed by atoms with Crippen molar-refractivity contribution in [1.29, 1.82) is 0 Å². The van der Waals surface area contributed by atoms with Crippen LogP contribution in [-0.4, -0.2) is 42.1 Å². The summed E-state index contributed by atoms with van der Waals surface area (Å²) in [6.07, 6.45) is 0. The lowest BCUT2D eigenvalue weighted by Gasteiger charge is -2.35. The summed E-state index contributed by atoms with van der Waals surface area (Å²) in [5, 5.41) is 5.31. The van der Waals surface area contributed by atoms with Crippen LogP contribution in [0, 0.1) is 0 Å². The van der Waals surface area contributed by atoms with Gasteiger partial charge in [-0.05, 0) is 42.5 Å². The van der Waals surface area contributed by atoms with Gasteiger partial charge in [0.1, 0.15) is 0 Å². The van der Waals surface area contributed by atoms with E-state index in [1.54, 1.807) is 23.1 Å². The van der Waals surface area contributed by atoms with Crippen LogP contribution in [0.25, 0.3) is 11.3 Å². The van der Waals surface area contributed by atoms with Crippen LogP contribution in [0.2, 0.25) is 10.0 Å². The molecule has 7 heteroatoms. The van der Waals surface area contributed by atoms with E-state index in [0.717, 1.165) is 24.3 Å². The summed E-state index contributed by atoms with van der Waals surface area (Å²) in [5.74, 6) is 0.428. The highest BCUT2D eigenvalue weighted by molar-refractivity contribution is 6.31.